The lowest BCUT2D eigenvalue weighted by Gasteiger charge is -1.85. The molecule has 2 aromatic rings. The van der Waals surface area contributed by atoms with Gasteiger partial charge in [0.05, 0.1) is 12.3 Å². The molecule has 0 atom stereocenters. The Morgan fingerprint density at radius 2 is 2.46 bits per heavy atom. The fourth-order valence-corrected chi connectivity index (χ4v) is 1.10. The van der Waals surface area contributed by atoms with E-state index in [4.69, 9.17) is 5.26 Å². The van der Waals surface area contributed by atoms with Gasteiger partial charge >= 0.3 is 0 Å². The van der Waals surface area contributed by atoms with Gasteiger partial charge in [-0.25, -0.2) is 15.0 Å². The van der Waals surface area contributed by atoms with Crippen LogP contribution >= 0.6 is 0 Å². The summed E-state index contributed by atoms with van der Waals surface area (Å²) in [6, 6.07) is 2.06. The van der Waals surface area contributed by atoms with Gasteiger partial charge in [0.1, 0.15) is 17.7 Å². The Morgan fingerprint density at radius 3 is 3.23 bits per heavy atom. The van der Waals surface area contributed by atoms with E-state index in [1.807, 2.05) is 0 Å². The number of hydrogen-bond acceptors (Lipinski definition) is 4. The normalized spacial score (nSPS) is 10.1. The van der Waals surface area contributed by atoms with Crippen LogP contribution in [0.2, 0.25) is 0 Å². The lowest BCUT2D eigenvalue weighted by atomic mass is 10.3. The van der Waals surface area contributed by atoms with Crippen molar-refractivity contribution in [2.24, 2.45) is 0 Å². The van der Waals surface area contributed by atoms with E-state index in [9.17, 15) is 0 Å². The minimum absolute atomic E-state index is 0.466. The van der Waals surface area contributed by atoms with Crippen LogP contribution in [0.25, 0.3) is 11.2 Å². The average Bonchev–Trinajstić information content (AvgIpc) is 2.57. The molecule has 1 N–H and O–H groups in total. The molecule has 64 valence electrons. The molecule has 0 bridgehead atoms. The highest BCUT2D eigenvalue weighted by atomic mass is 15.0. The third kappa shape index (κ3) is 1.47. The Morgan fingerprint density at radius 1 is 1.54 bits per heavy atom. The summed E-state index contributed by atoms with van der Waals surface area (Å²) in [6.45, 7) is 0. The summed E-state index contributed by atoms with van der Waals surface area (Å²) >= 11 is 0. The van der Waals surface area contributed by atoms with Crippen LogP contribution in [0.15, 0.2) is 12.5 Å². The zero-order chi connectivity index (χ0) is 9.10. The summed E-state index contributed by atoms with van der Waals surface area (Å²) in [7, 11) is 0. The van der Waals surface area contributed by atoms with Crippen LogP contribution in [0.5, 0.6) is 0 Å². The van der Waals surface area contributed by atoms with Crippen LogP contribution in [-0.2, 0) is 6.42 Å². The summed E-state index contributed by atoms with van der Waals surface area (Å²) in [6.07, 6.45) is 4.22. The molecule has 0 saturated carbocycles. The fourth-order valence-electron chi connectivity index (χ4n) is 1.10. The predicted molar refractivity (Wildman–Crippen MR) is 45.6 cm³/mol. The first kappa shape index (κ1) is 7.68. The minimum atomic E-state index is 0.466. The Bertz CT molecular complexity index is 420. The molecular weight excluding hydrogens is 166 g/mol. The van der Waals surface area contributed by atoms with Crippen LogP contribution in [0.4, 0.5) is 0 Å². The maximum atomic E-state index is 8.38. The molecule has 0 amide bonds. The van der Waals surface area contributed by atoms with Gasteiger partial charge in [0.25, 0.3) is 0 Å². The number of H-pyrrole nitrogens is 1. The summed E-state index contributed by atoms with van der Waals surface area (Å²) in [4.78, 5) is 15.1. The fraction of sp³-hybridized carbons (Fsp3) is 0.250. The van der Waals surface area contributed by atoms with Crippen molar-refractivity contribution in [3.05, 3.63) is 18.3 Å². The second-order valence-electron chi connectivity index (χ2n) is 2.60. The molecule has 0 aliphatic rings. The zero-order valence-corrected chi connectivity index (χ0v) is 6.86. The number of nitriles is 1. The van der Waals surface area contributed by atoms with Gasteiger partial charge in [-0.3, -0.25) is 0 Å². The van der Waals surface area contributed by atoms with Gasteiger partial charge in [0, 0.05) is 12.8 Å². The summed E-state index contributed by atoms with van der Waals surface area (Å²) in [5.74, 6) is 0.789. The van der Waals surface area contributed by atoms with Gasteiger partial charge < -0.3 is 4.98 Å². The van der Waals surface area contributed by atoms with Crippen molar-refractivity contribution in [2.45, 2.75) is 12.8 Å². The number of nitrogens with one attached hydrogen (secondary N) is 1. The first-order valence-corrected chi connectivity index (χ1v) is 3.91. The van der Waals surface area contributed by atoms with E-state index in [0.29, 0.717) is 18.5 Å². The first-order chi connectivity index (χ1) is 6.40. The van der Waals surface area contributed by atoms with E-state index >= 15 is 0 Å². The van der Waals surface area contributed by atoms with E-state index in [1.165, 1.54) is 6.33 Å². The molecule has 0 aliphatic carbocycles. The number of nitrogens with zero attached hydrogens (tertiary/aromatic N) is 4. The van der Waals surface area contributed by atoms with Crippen LogP contribution in [0.3, 0.4) is 0 Å². The Kier molecular flexibility index (Phi) is 1.88. The Hall–Kier alpha value is -1.96. The third-order valence-corrected chi connectivity index (χ3v) is 1.68. The molecule has 13 heavy (non-hydrogen) atoms. The van der Waals surface area contributed by atoms with Crippen molar-refractivity contribution in [3.8, 4) is 6.07 Å². The minimum Gasteiger partial charge on any atom is -0.339 e. The van der Waals surface area contributed by atoms with Gasteiger partial charge in [-0.05, 0) is 0 Å². The second kappa shape index (κ2) is 3.19. The number of imidazole rings is 1. The Labute approximate surface area is 74.5 Å². The van der Waals surface area contributed by atoms with Crippen molar-refractivity contribution in [3.63, 3.8) is 0 Å². The van der Waals surface area contributed by atoms with Crippen molar-refractivity contribution in [1.82, 2.24) is 19.9 Å². The van der Waals surface area contributed by atoms with Crippen LogP contribution in [-0.4, -0.2) is 19.9 Å². The lowest BCUT2D eigenvalue weighted by Crippen LogP contribution is -1.85. The number of hydrogen-bond donors (Lipinski definition) is 1. The van der Waals surface area contributed by atoms with Gasteiger partial charge in [-0.15, -0.1) is 0 Å². The third-order valence-electron chi connectivity index (χ3n) is 1.68. The van der Waals surface area contributed by atoms with Gasteiger partial charge in [-0.1, -0.05) is 0 Å². The molecule has 2 rings (SSSR count). The first-order valence-electron chi connectivity index (χ1n) is 3.91. The maximum absolute atomic E-state index is 8.38. The van der Waals surface area contributed by atoms with Gasteiger partial charge in [0.2, 0.25) is 0 Å². The molecule has 2 heterocycles. The second-order valence-corrected chi connectivity index (χ2v) is 2.60. The molecule has 0 spiro atoms. The molecule has 0 aromatic carbocycles. The predicted octanol–water partition coefficient (Wildman–Crippen LogP) is 0.809. The van der Waals surface area contributed by atoms with Crippen LogP contribution in [0.1, 0.15) is 12.2 Å². The summed E-state index contributed by atoms with van der Waals surface area (Å²) in [5.41, 5.74) is 1.47. The smallest absolute Gasteiger partial charge is 0.180 e. The van der Waals surface area contributed by atoms with Crippen molar-refractivity contribution in [1.29, 1.82) is 5.26 Å². The monoisotopic (exact) mass is 173 g/mol. The molecule has 2 aromatic heterocycles. The average molecular weight is 173 g/mol. The molecule has 0 aliphatic heterocycles. The standard InChI is InChI=1S/C8H7N5/c9-3-1-2-7-12-6-4-10-5-11-8(6)13-7/h4-5H,1-2H2,(H,10,11,12,13). The highest BCUT2D eigenvalue weighted by molar-refractivity contribution is 5.68. The van der Waals surface area contributed by atoms with Crippen LogP contribution < -0.4 is 0 Å². The lowest BCUT2D eigenvalue weighted by molar-refractivity contribution is 0.923. The van der Waals surface area contributed by atoms with Gasteiger partial charge in [0.15, 0.2) is 5.65 Å². The summed E-state index contributed by atoms with van der Waals surface area (Å²) < 4.78 is 0. The van der Waals surface area contributed by atoms with E-state index in [-0.39, 0.29) is 0 Å². The number of aromatic amines is 1. The molecule has 0 saturated heterocycles. The van der Waals surface area contributed by atoms with Gasteiger partial charge in [-0.2, -0.15) is 5.26 Å². The number of aromatic nitrogens is 4. The number of fused-ring (bicyclic) bond motifs is 1. The number of rotatable bonds is 2. The molecule has 5 nitrogen and oxygen atoms in total. The summed E-state index contributed by atoms with van der Waals surface area (Å²) in [5, 5.41) is 8.38. The highest BCUT2D eigenvalue weighted by Gasteiger charge is 2.01. The maximum Gasteiger partial charge on any atom is 0.180 e. The molecule has 0 radical (unpaired) electrons. The Balaban J connectivity index is 2.34. The number of aryl methyl sites for hydroxylation is 1. The quantitative estimate of drug-likeness (QED) is 0.728. The molecular formula is C8H7N5. The molecule has 0 unspecified atom stereocenters. The zero-order valence-electron chi connectivity index (χ0n) is 6.86. The van der Waals surface area contributed by atoms with Crippen LogP contribution in [0, 0.1) is 11.3 Å². The topological polar surface area (TPSA) is 78.2 Å². The van der Waals surface area contributed by atoms with Crippen molar-refractivity contribution >= 4 is 11.2 Å². The van der Waals surface area contributed by atoms with E-state index in [2.05, 4.69) is 26.0 Å². The SMILES string of the molecule is N#CCCc1nc2ncncc2[nH]1. The van der Waals surface area contributed by atoms with E-state index < -0.39 is 0 Å². The molecule has 0 fully saturated rings. The van der Waals surface area contributed by atoms with E-state index in [1.54, 1.807) is 6.20 Å². The van der Waals surface area contributed by atoms with Crippen molar-refractivity contribution < 1.29 is 0 Å². The largest absolute Gasteiger partial charge is 0.339 e. The van der Waals surface area contributed by atoms with E-state index in [0.717, 1.165) is 11.3 Å². The van der Waals surface area contributed by atoms with Crippen molar-refractivity contribution in [2.75, 3.05) is 0 Å². The highest BCUT2D eigenvalue weighted by Crippen LogP contribution is 2.06. The molecule has 5 heteroatoms.